The van der Waals surface area contributed by atoms with Crippen molar-refractivity contribution in [2.45, 2.75) is 31.5 Å². The van der Waals surface area contributed by atoms with Crippen molar-refractivity contribution in [2.24, 2.45) is 0 Å². The van der Waals surface area contributed by atoms with Crippen molar-refractivity contribution in [3.05, 3.63) is 35.6 Å². The smallest absolute Gasteiger partial charge is 0.128 e. The molecule has 3 unspecified atom stereocenters. The number of benzene rings is 1. The Kier molecular flexibility index (Phi) is 4.91. The number of halogens is 1. The highest BCUT2D eigenvalue weighted by Gasteiger charge is 2.29. The first kappa shape index (κ1) is 14.4. The summed E-state index contributed by atoms with van der Waals surface area (Å²) < 4.78 is 19.4. The minimum atomic E-state index is -0.147. The van der Waals surface area contributed by atoms with Crippen molar-refractivity contribution in [1.29, 1.82) is 0 Å². The fraction of sp³-hybridized carbons (Fsp3) is 0.600. The Bertz CT molecular complexity index is 413. The zero-order valence-corrected chi connectivity index (χ0v) is 11.9. The van der Waals surface area contributed by atoms with Gasteiger partial charge in [-0.05, 0) is 33.5 Å². The van der Waals surface area contributed by atoms with Gasteiger partial charge in [-0.1, -0.05) is 18.2 Å². The van der Waals surface area contributed by atoms with E-state index < -0.39 is 0 Å². The summed E-state index contributed by atoms with van der Waals surface area (Å²) in [5, 5.41) is 3.21. The summed E-state index contributed by atoms with van der Waals surface area (Å²) in [7, 11) is 3.96. The van der Waals surface area contributed by atoms with E-state index >= 15 is 0 Å². The molecule has 19 heavy (non-hydrogen) atoms. The third kappa shape index (κ3) is 3.32. The molecule has 0 aliphatic carbocycles. The fourth-order valence-electron chi connectivity index (χ4n) is 2.83. The SMILES string of the molecule is CNC(CN(C)C1CCOC1C)c1ccccc1F. The zero-order chi connectivity index (χ0) is 13.8. The van der Waals surface area contributed by atoms with Crippen molar-refractivity contribution in [3.63, 3.8) is 0 Å². The molecule has 0 radical (unpaired) electrons. The predicted molar refractivity (Wildman–Crippen MR) is 74.6 cm³/mol. The summed E-state index contributed by atoms with van der Waals surface area (Å²) in [6, 6.07) is 7.38. The van der Waals surface area contributed by atoms with E-state index in [1.807, 2.05) is 19.2 Å². The van der Waals surface area contributed by atoms with Gasteiger partial charge in [0.1, 0.15) is 5.82 Å². The number of ether oxygens (including phenoxy) is 1. The lowest BCUT2D eigenvalue weighted by molar-refractivity contribution is 0.0805. The maximum absolute atomic E-state index is 13.8. The Balaban J connectivity index is 2.05. The normalized spacial score (nSPS) is 24.9. The molecule has 1 aliphatic rings. The van der Waals surface area contributed by atoms with E-state index in [1.165, 1.54) is 6.07 Å². The lowest BCUT2D eigenvalue weighted by Gasteiger charge is -2.30. The van der Waals surface area contributed by atoms with Crippen LogP contribution in [0.2, 0.25) is 0 Å². The maximum Gasteiger partial charge on any atom is 0.128 e. The van der Waals surface area contributed by atoms with E-state index in [0.29, 0.717) is 6.04 Å². The molecule has 1 aromatic carbocycles. The van der Waals surface area contributed by atoms with Gasteiger partial charge in [0.25, 0.3) is 0 Å². The number of nitrogens with zero attached hydrogens (tertiary/aromatic N) is 1. The summed E-state index contributed by atoms with van der Waals surface area (Å²) in [6.45, 7) is 3.70. The monoisotopic (exact) mass is 266 g/mol. The van der Waals surface area contributed by atoms with Crippen molar-refractivity contribution in [2.75, 3.05) is 27.2 Å². The largest absolute Gasteiger partial charge is 0.377 e. The van der Waals surface area contributed by atoms with E-state index in [0.717, 1.165) is 25.1 Å². The Morgan fingerprint density at radius 3 is 2.79 bits per heavy atom. The molecule has 4 heteroatoms. The van der Waals surface area contributed by atoms with Gasteiger partial charge in [0, 0.05) is 30.8 Å². The van der Waals surface area contributed by atoms with Crippen LogP contribution in [0.15, 0.2) is 24.3 Å². The lowest BCUT2D eigenvalue weighted by atomic mass is 10.0. The van der Waals surface area contributed by atoms with Crippen LogP contribution >= 0.6 is 0 Å². The van der Waals surface area contributed by atoms with Crippen LogP contribution in [0.5, 0.6) is 0 Å². The molecule has 0 amide bonds. The first-order valence-electron chi connectivity index (χ1n) is 6.87. The second-order valence-electron chi connectivity index (χ2n) is 5.23. The van der Waals surface area contributed by atoms with Crippen LogP contribution in [0.1, 0.15) is 24.9 Å². The van der Waals surface area contributed by atoms with Gasteiger partial charge in [-0.25, -0.2) is 4.39 Å². The van der Waals surface area contributed by atoms with Crippen molar-refractivity contribution in [3.8, 4) is 0 Å². The molecule has 1 aliphatic heterocycles. The van der Waals surface area contributed by atoms with Gasteiger partial charge in [0.05, 0.1) is 6.10 Å². The molecule has 1 heterocycles. The van der Waals surface area contributed by atoms with Gasteiger partial charge < -0.3 is 10.1 Å². The minimum absolute atomic E-state index is 0.000926. The molecule has 0 aromatic heterocycles. The van der Waals surface area contributed by atoms with Crippen molar-refractivity contribution in [1.82, 2.24) is 10.2 Å². The minimum Gasteiger partial charge on any atom is -0.377 e. The van der Waals surface area contributed by atoms with Gasteiger partial charge >= 0.3 is 0 Å². The van der Waals surface area contributed by atoms with E-state index in [9.17, 15) is 4.39 Å². The third-order valence-electron chi connectivity index (χ3n) is 4.00. The quantitative estimate of drug-likeness (QED) is 0.884. The molecule has 2 rings (SSSR count). The van der Waals surface area contributed by atoms with Crippen LogP contribution in [0.25, 0.3) is 0 Å². The van der Waals surface area contributed by atoms with E-state index in [-0.39, 0.29) is 18.0 Å². The van der Waals surface area contributed by atoms with Gasteiger partial charge in [-0.3, -0.25) is 4.90 Å². The van der Waals surface area contributed by atoms with Gasteiger partial charge in [-0.15, -0.1) is 0 Å². The molecular weight excluding hydrogens is 243 g/mol. The van der Waals surface area contributed by atoms with E-state index in [4.69, 9.17) is 4.74 Å². The Morgan fingerprint density at radius 1 is 1.47 bits per heavy atom. The molecule has 0 saturated carbocycles. The van der Waals surface area contributed by atoms with Crippen LogP contribution in [-0.2, 0) is 4.74 Å². The zero-order valence-electron chi connectivity index (χ0n) is 11.9. The van der Waals surface area contributed by atoms with Crippen molar-refractivity contribution >= 4 is 0 Å². The number of hydrogen-bond acceptors (Lipinski definition) is 3. The number of rotatable bonds is 5. The standard InChI is InChI=1S/C15H23FN2O/c1-11-15(8-9-19-11)18(3)10-14(17-2)12-6-4-5-7-13(12)16/h4-7,11,14-15,17H,8-10H2,1-3H3. The molecule has 3 nitrogen and oxygen atoms in total. The summed E-state index contributed by atoms with van der Waals surface area (Å²) in [6.07, 6.45) is 1.30. The molecule has 106 valence electrons. The molecule has 1 saturated heterocycles. The van der Waals surface area contributed by atoms with Crippen LogP contribution in [0, 0.1) is 5.82 Å². The molecular formula is C15H23FN2O. The van der Waals surface area contributed by atoms with Crippen LogP contribution in [0.3, 0.4) is 0 Å². The number of likely N-dealkylation sites (N-methyl/N-ethyl adjacent to an activating group) is 2. The highest BCUT2D eigenvalue weighted by Crippen LogP contribution is 2.22. The highest BCUT2D eigenvalue weighted by molar-refractivity contribution is 5.21. The summed E-state index contributed by atoms with van der Waals surface area (Å²) in [5.41, 5.74) is 0.725. The number of nitrogens with one attached hydrogen (secondary N) is 1. The molecule has 3 atom stereocenters. The Labute approximate surface area is 114 Å². The average Bonchev–Trinajstić information content (AvgIpc) is 2.83. The van der Waals surface area contributed by atoms with Gasteiger partial charge in [-0.2, -0.15) is 0 Å². The highest BCUT2D eigenvalue weighted by atomic mass is 19.1. The van der Waals surface area contributed by atoms with Crippen LogP contribution < -0.4 is 5.32 Å². The predicted octanol–water partition coefficient (Wildman–Crippen LogP) is 2.20. The van der Waals surface area contributed by atoms with Gasteiger partial charge in [0.2, 0.25) is 0 Å². The fourth-order valence-corrected chi connectivity index (χ4v) is 2.83. The first-order valence-corrected chi connectivity index (χ1v) is 6.87. The Hall–Kier alpha value is -0.970. The lowest BCUT2D eigenvalue weighted by Crippen LogP contribution is -2.41. The maximum atomic E-state index is 13.8. The molecule has 0 spiro atoms. The van der Waals surface area contributed by atoms with Crippen molar-refractivity contribution < 1.29 is 9.13 Å². The molecule has 1 N–H and O–H groups in total. The second-order valence-corrected chi connectivity index (χ2v) is 5.23. The third-order valence-corrected chi connectivity index (χ3v) is 4.00. The molecule has 1 aromatic rings. The van der Waals surface area contributed by atoms with E-state index in [1.54, 1.807) is 6.07 Å². The van der Waals surface area contributed by atoms with Crippen LogP contribution in [0.4, 0.5) is 4.39 Å². The number of hydrogen-bond donors (Lipinski definition) is 1. The summed E-state index contributed by atoms with van der Waals surface area (Å²) in [5.74, 6) is -0.147. The summed E-state index contributed by atoms with van der Waals surface area (Å²) >= 11 is 0. The average molecular weight is 266 g/mol. The Morgan fingerprint density at radius 2 is 2.21 bits per heavy atom. The van der Waals surface area contributed by atoms with Gasteiger partial charge in [0.15, 0.2) is 0 Å². The molecule has 1 fully saturated rings. The van der Waals surface area contributed by atoms with Crippen LogP contribution in [-0.4, -0.2) is 44.3 Å². The summed E-state index contributed by atoms with van der Waals surface area (Å²) in [4.78, 5) is 2.27. The topological polar surface area (TPSA) is 24.5 Å². The second kappa shape index (κ2) is 6.46. The van der Waals surface area contributed by atoms with E-state index in [2.05, 4.69) is 24.2 Å². The molecule has 0 bridgehead atoms. The first-order chi connectivity index (χ1) is 9.13.